The molecule has 2 heterocycles. The van der Waals surface area contributed by atoms with E-state index in [2.05, 4.69) is 21.9 Å². The molecule has 4 aromatic rings. The summed E-state index contributed by atoms with van der Waals surface area (Å²) < 4.78 is 103. The number of hydrogen-bond acceptors (Lipinski definition) is 4. The van der Waals surface area contributed by atoms with E-state index in [-0.39, 0.29) is 33.1 Å². The van der Waals surface area contributed by atoms with E-state index in [0.29, 0.717) is 10.6 Å². The zero-order valence-electron chi connectivity index (χ0n) is 17.2. The molecule has 0 aliphatic heterocycles. The summed E-state index contributed by atoms with van der Waals surface area (Å²) in [5, 5.41) is 8.89. The Hall–Kier alpha value is -3.89. The van der Waals surface area contributed by atoms with E-state index in [9.17, 15) is 34.8 Å². The minimum atomic E-state index is -4.86. The van der Waals surface area contributed by atoms with Crippen molar-refractivity contribution >= 4 is 15.7 Å². The van der Waals surface area contributed by atoms with Crippen LogP contribution >= 0.6 is 0 Å². The lowest BCUT2D eigenvalue weighted by atomic mass is 10.1. The van der Waals surface area contributed by atoms with E-state index in [1.54, 1.807) is 0 Å². The van der Waals surface area contributed by atoms with Crippen LogP contribution in [0.5, 0.6) is 0 Å². The number of nitrogens with zero attached hydrogens (tertiary/aromatic N) is 3. The van der Waals surface area contributed by atoms with Gasteiger partial charge in [-0.2, -0.15) is 31.4 Å². The maximum Gasteiger partial charge on any atom is 0.433 e. The molecule has 0 atom stereocenters. The SMILES string of the molecule is NS(=O)(=O)c1cccc(C#Cc2cc3nc(-c4ccc(C(F)(F)F)cc4)cc(C(F)(F)F)n3n2)c1. The highest BCUT2D eigenvalue weighted by molar-refractivity contribution is 7.89. The Morgan fingerprint density at radius 1 is 0.857 bits per heavy atom. The van der Waals surface area contributed by atoms with E-state index in [1.807, 2.05) is 0 Å². The summed E-state index contributed by atoms with van der Waals surface area (Å²) in [6, 6.07) is 10.7. The van der Waals surface area contributed by atoms with Gasteiger partial charge in [-0.1, -0.05) is 24.1 Å². The summed E-state index contributed by atoms with van der Waals surface area (Å²) in [7, 11) is -3.98. The Kier molecular flexibility index (Phi) is 5.82. The van der Waals surface area contributed by atoms with Crippen molar-refractivity contribution in [2.75, 3.05) is 0 Å². The number of sulfonamides is 1. The summed E-state index contributed by atoms with van der Waals surface area (Å²) in [5.74, 6) is 5.14. The van der Waals surface area contributed by atoms with Crippen molar-refractivity contribution in [2.45, 2.75) is 17.2 Å². The Bertz CT molecular complexity index is 1600. The van der Waals surface area contributed by atoms with Crippen LogP contribution < -0.4 is 5.14 Å². The van der Waals surface area contributed by atoms with Crippen LogP contribution in [0.2, 0.25) is 0 Å². The van der Waals surface area contributed by atoms with Crippen molar-refractivity contribution in [1.29, 1.82) is 0 Å². The van der Waals surface area contributed by atoms with E-state index in [4.69, 9.17) is 5.14 Å². The molecule has 2 N–H and O–H groups in total. The summed E-state index contributed by atoms with van der Waals surface area (Å²) in [4.78, 5) is 3.90. The number of fused-ring (bicyclic) bond motifs is 1. The van der Waals surface area contributed by atoms with Gasteiger partial charge in [-0.3, -0.25) is 0 Å². The van der Waals surface area contributed by atoms with Crippen LogP contribution in [0.1, 0.15) is 22.5 Å². The zero-order valence-corrected chi connectivity index (χ0v) is 18.0. The van der Waals surface area contributed by atoms with Crippen LogP contribution in [0.4, 0.5) is 26.3 Å². The monoisotopic (exact) mass is 510 g/mol. The Balaban J connectivity index is 1.78. The fourth-order valence-electron chi connectivity index (χ4n) is 3.10. The predicted molar refractivity (Wildman–Crippen MR) is 112 cm³/mol. The molecule has 0 aliphatic rings. The second kappa shape index (κ2) is 8.40. The molecule has 2 aromatic carbocycles. The second-order valence-electron chi connectivity index (χ2n) is 7.22. The van der Waals surface area contributed by atoms with E-state index in [0.717, 1.165) is 24.3 Å². The first-order valence-corrected chi connectivity index (χ1v) is 11.1. The van der Waals surface area contributed by atoms with Gasteiger partial charge in [0.2, 0.25) is 10.0 Å². The number of hydrogen-bond donors (Lipinski definition) is 1. The maximum absolute atomic E-state index is 13.7. The van der Waals surface area contributed by atoms with Gasteiger partial charge >= 0.3 is 12.4 Å². The molecule has 0 radical (unpaired) electrons. The van der Waals surface area contributed by atoms with Gasteiger partial charge < -0.3 is 0 Å². The van der Waals surface area contributed by atoms with E-state index >= 15 is 0 Å². The lowest BCUT2D eigenvalue weighted by Crippen LogP contribution is -2.13. The molecule has 6 nitrogen and oxygen atoms in total. The molecule has 0 fully saturated rings. The van der Waals surface area contributed by atoms with Gasteiger partial charge in [0.05, 0.1) is 16.2 Å². The number of nitrogens with two attached hydrogens (primary N) is 1. The number of halogens is 6. The molecule has 0 bridgehead atoms. The molecule has 0 unspecified atom stereocenters. The molecule has 0 saturated heterocycles. The minimum Gasteiger partial charge on any atom is -0.228 e. The van der Waals surface area contributed by atoms with Crippen molar-refractivity contribution < 1.29 is 34.8 Å². The molecule has 2 aromatic heterocycles. The topological polar surface area (TPSA) is 90.4 Å². The van der Waals surface area contributed by atoms with Crippen LogP contribution in [-0.2, 0) is 22.4 Å². The lowest BCUT2D eigenvalue weighted by molar-refractivity contribution is -0.142. The van der Waals surface area contributed by atoms with E-state index < -0.39 is 33.6 Å². The average molecular weight is 510 g/mol. The van der Waals surface area contributed by atoms with Crippen LogP contribution in [0.25, 0.3) is 16.9 Å². The normalized spacial score (nSPS) is 12.4. The summed E-state index contributed by atoms with van der Waals surface area (Å²) in [6.45, 7) is 0. The van der Waals surface area contributed by atoms with Gasteiger partial charge in [0.25, 0.3) is 0 Å². The van der Waals surface area contributed by atoms with Gasteiger partial charge in [-0.25, -0.2) is 23.1 Å². The molecule has 180 valence electrons. The Morgan fingerprint density at radius 3 is 2.14 bits per heavy atom. The van der Waals surface area contributed by atoms with Gasteiger partial charge in [0.15, 0.2) is 11.3 Å². The highest BCUT2D eigenvalue weighted by Crippen LogP contribution is 2.34. The highest BCUT2D eigenvalue weighted by Gasteiger charge is 2.35. The summed E-state index contributed by atoms with van der Waals surface area (Å²) in [6.07, 6.45) is -9.46. The van der Waals surface area contributed by atoms with Crippen molar-refractivity contribution in [3.63, 3.8) is 0 Å². The zero-order chi connectivity index (χ0) is 25.6. The molecule has 0 spiro atoms. The second-order valence-corrected chi connectivity index (χ2v) is 8.78. The fraction of sp³-hybridized carbons (Fsp3) is 0.0909. The molecular weight excluding hydrogens is 498 g/mol. The maximum atomic E-state index is 13.7. The lowest BCUT2D eigenvalue weighted by Gasteiger charge is -2.11. The number of primary sulfonamides is 1. The highest BCUT2D eigenvalue weighted by atomic mass is 32.2. The molecule has 4 rings (SSSR count). The van der Waals surface area contributed by atoms with Crippen molar-refractivity contribution in [3.8, 4) is 23.1 Å². The molecule has 0 amide bonds. The smallest absolute Gasteiger partial charge is 0.228 e. The van der Waals surface area contributed by atoms with Gasteiger partial charge in [0, 0.05) is 17.2 Å². The predicted octanol–water partition coefficient (Wildman–Crippen LogP) is 4.48. The van der Waals surface area contributed by atoms with E-state index in [1.165, 1.54) is 30.3 Å². The Labute approximate surface area is 194 Å². The molecule has 0 saturated carbocycles. The summed E-state index contributed by atoms with van der Waals surface area (Å²) >= 11 is 0. The van der Waals surface area contributed by atoms with Crippen LogP contribution in [0.15, 0.2) is 65.6 Å². The van der Waals surface area contributed by atoms with Crippen LogP contribution in [0, 0.1) is 11.8 Å². The Morgan fingerprint density at radius 2 is 1.54 bits per heavy atom. The first-order valence-electron chi connectivity index (χ1n) is 9.52. The quantitative estimate of drug-likeness (QED) is 0.318. The number of benzene rings is 2. The third-order valence-corrected chi connectivity index (χ3v) is 5.63. The van der Waals surface area contributed by atoms with Gasteiger partial charge in [-0.05, 0) is 42.3 Å². The van der Waals surface area contributed by atoms with Gasteiger partial charge in [0.1, 0.15) is 5.69 Å². The van der Waals surface area contributed by atoms with Crippen molar-refractivity contribution in [3.05, 3.63) is 83.2 Å². The van der Waals surface area contributed by atoms with Crippen molar-refractivity contribution in [2.24, 2.45) is 5.14 Å². The average Bonchev–Trinajstić information content (AvgIpc) is 3.18. The molecule has 0 aliphatic carbocycles. The van der Waals surface area contributed by atoms with Gasteiger partial charge in [-0.15, -0.1) is 0 Å². The number of alkyl halides is 6. The number of aromatic nitrogens is 3. The van der Waals surface area contributed by atoms with Crippen LogP contribution in [0.3, 0.4) is 0 Å². The largest absolute Gasteiger partial charge is 0.433 e. The van der Waals surface area contributed by atoms with Crippen molar-refractivity contribution in [1.82, 2.24) is 14.6 Å². The van der Waals surface area contributed by atoms with Crippen LogP contribution in [-0.4, -0.2) is 23.0 Å². The molecule has 13 heteroatoms. The fourth-order valence-corrected chi connectivity index (χ4v) is 3.66. The first-order chi connectivity index (χ1) is 16.2. The molecular formula is C22H12F6N4O2S. The first kappa shape index (κ1) is 24.2. The minimum absolute atomic E-state index is 0.0413. The standard InChI is InChI=1S/C22H12F6N4O2S/c23-21(24,25)15-7-5-14(6-8-15)18-12-19(22(26,27)28)32-20(30-18)11-16(31-32)9-4-13-2-1-3-17(10-13)35(29,33)34/h1-3,5-8,10-12H,(H2,29,33,34). The molecule has 35 heavy (non-hydrogen) atoms. The third kappa shape index (κ3) is 5.28. The summed E-state index contributed by atoms with van der Waals surface area (Å²) in [5.41, 5.74) is -2.44. The third-order valence-electron chi connectivity index (χ3n) is 4.72. The number of rotatable bonds is 2.